The van der Waals surface area contributed by atoms with Gasteiger partial charge in [-0.05, 0) is 62.1 Å². The fourth-order valence-electron chi connectivity index (χ4n) is 4.63. The number of hydrogen-bond acceptors (Lipinski definition) is 1. The summed E-state index contributed by atoms with van der Waals surface area (Å²) < 4.78 is 0. The molecule has 2 aliphatic rings. The van der Waals surface area contributed by atoms with Crippen molar-refractivity contribution in [1.29, 1.82) is 0 Å². The lowest BCUT2D eigenvalue weighted by atomic mass is 9.76. The molecule has 0 N–H and O–H groups in total. The second-order valence-electron chi connectivity index (χ2n) is 7.01. The maximum Gasteiger partial charge on any atom is 0.0371 e. The number of hydrogen-bond donors (Lipinski definition) is 0. The number of fused-ring (bicyclic) bond motifs is 2. The average Bonchev–Trinajstić information content (AvgIpc) is 2.56. The first-order valence-corrected chi connectivity index (χ1v) is 8.77. The highest BCUT2D eigenvalue weighted by molar-refractivity contribution is 5.49. The lowest BCUT2D eigenvalue weighted by Gasteiger charge is -2.50. The molecule has 0 saturated carbocycles. The van der Waals surface area contributed by atoms with Crippen LogP contribution in [0.5, 0.6) is 0 Å². The van der Waals surface area contributed by atoms with E-state index in [4.69, 9.17) is 0 Å². The molecule has 0 radical (unpaired) electrons. The van der Waals surface area contributed by atoms with E-state index < -0.39 is 0 Å². The molecule has 1 heteroatoms. The van der Waals surface area contributed by atoms with Gasteiger partial charge in [0.2, 0.25) is 0 Å². The third kappa shape index (κ3) is 2.77. The molecule has 4 rings (SSSR count). The van der Waals surface area contributed by atoms with E-state index in [9.17, 15) is 0 Å². The van der Waals surface area contributed by atoms with Crippen LogP contribution in [0.15, 0.2) is 60.7 Å². The normalized spacial score (nSPS) is 27.6. The Morgan fingerprint density at radius 1 is 0.773 bits per heavy atom. The summed E-state index contributed by atoms with van der Waals surface area (Å²) in [6, 6.07) is 23.6. The standard InChI is InChI=1S/C21H25N/c1-3-8-17(9-4-1)14-18-15-20-12-7-13-21(16-18)22(20)19-10-5-2-6-11-19/h1-6,8-11,18,20-21H,7,12-16H2/t18?,20-,21+. The van der Waals surface area contributed by atoms with Crippen LogP contribution in [0, 0.1) is 5.92 Å². The molecule has 3 atom stereocenters. The van der Waals surface area contributed by atoms with Crippen LogP contribution in [-0.4, -0.2) is 12.1 Å². The van der Waals surface area contributed by atoms with E-state index >= 15 is 0 Å². The molecule has 1 nitrogen and oxygen atoms in total. The van der Waals surface area contributed by atoms with Crippen LogP contribution in [0.3, 0.4) is 0 Å². The fourth-order valence-corrected chi connectivity index (χ4v) is 4.63. The Labute approximate surface area is 134 Å². The molecule has 0 spiro atoms. The molecule has 114 valence electrons. The molecule has 2 aliphatic heterocycles. The van der Waals surface area contributed by atoms with Gasteiger partial charge in [0.1, 0.15) is 0 Å². The minimum Gasteiger partial charge on any atom is -0.366 e. The van der Waals surface area contributed by atoms with Gasteiger partial charge in [-0.3, -0.25) is 0 Å². The van der Waals surface area contributed by atoms with Crippen LogP contribution in [0.25, 0.3) is 0 Å². The Balaban J connectivity index is 1.51. The molecule has 0 aliphatic carbocycles. The van der Waals surface area contributed by atoms with Gasteiger partial charge in [0.05, 0.1) is 0 Å². The van der Waals surface area contributed by atoms with Crippen LogP contribution in [0.1, 0.15) is 37.7 Å². The van der Waals surface area contributed by atoms with Gasteiger partial charge in [-0.1, -0.05) is 48.5 Å². The highest BCUT2D eigenvalue weighted by atomic mass is 15.2. The van der Waals surface area contributed by atoms with Crippen LogP contribution in [0.2, 0.25) is 0 Å². The van der Waals surface area contributed by atoms with Crippen LogP contribution < -0.4 is 4.90 Å². The van der Waals surface area contributed by atoms with Gasteiger partial charge in [-0.15, -0.1) is 0 Å². The van der Waals surface area contributed by atoms with Crippen molar-refractivity contribution in [3.8, 4) is 0 Å². The predicted octanol–water partition coefficient (Wildman–Crippen LogP) is 5.07. The van der Waals surface area contributed by atoms with Crippen molar-refractivity contribution in [2.75, 3.05) is 4.90 Å². The first kappa shape index (κ1) is 13.9. The lowest BCUT2D eigenvalue weighted by molar-refractivity contribution is 0.228. The molecular weight excluding hydrogens is 266 g/mol. The van der Waals surface area contributed by atoms with Gasteiger partial charge < -0.3 is 4.90 Å². The van der Waals surface area contributed by atoms with Crippen molar-refractivity contribution in [2.45, 2.75) is 50.6 Å². The molecule has 22 heavy (non-hydrogen) atoms. The second-order valence-corrected chi connectivity index (χ2v) is 7.01. The summed E-state index contributed by atoms with van der Waals surface area (Å²) in [5.74, 6) is 0.859. The van der Waals surface area contributed by atoms with E-state index in [1.54, 1.807) is 0 Å². The van der Waals surface area contributed by atoms with E-state index in [1.165, 1.54) is 49.8 Å². The highest BCUT2D eigenvalue weighted by Gasteiger charge is 2.38. The monoisotopic (exact) mass is 291 g/mol. The highest BCUT2D eigenvalue weighted by Crippen LogP contribution is 2.40. The minimum absolute atomic E-state index is 0.753. The average molecular weight is 291 g/mol. The smallest absolute Gasteiger partial charge is 0.0371 e. The summed E-state index contributed by atoms with van der Waals surface area (Å²) in [4.78, 5) is 2.74. The minimum atomic E-state index is 0.753. The zero-order valence-corrected chi connectivity index (χ0v) is 13.2. The SMILES string of the molecule is c1ccc(CC2C[C@H]3CCC[C@@H](C2)N3c2ccccc2)cc1. The molecule has 2 saturated heterocycles. The van der Waals surface area contributed by atoms with Gasteiger partial charge in [0, 0.05) is 17.8 Å². The molecule has 1 unspecified atom stereocenters. The van der Waals surface area contributed by atoms with Crippen molar-refractivity contribution in [3.63, 3.8) is 0 Å². The maximum absolute atomic E-state index is 2.74. The molecular formula is C21H25N. The molecule has 0 aromatic heterocycles. The Bertz CT molecular complexity index is 578. The molecule has 0 amide bonds. The van der Waals surface area contributed by atoms with Gasteiger partial charge in [-0.2, -0.15) is 0 Å². The summed E-state index contributed by atoms with van der Waals surface area (Å²) in [6.45, 7) is 0. The predicted molar refractivity (Wildman–Crippen MR) is 93.2 cm³/mol. The van der Waals surface area contributed by atoms with Crippen LogP contribution in [-0.2, 0) is 6.42 Å². The summed E-state index contributed by atoms with van der Waals surface area (Å²) in [7, 11) is 0. The third-order valence-corrected chi connectivity index (χ3v) is 5.49. The topological polar surface area (TPSA) is 3.24 Å². The summed E-state index contributed by atoms with van der Waals surface area (Å²) in [5, 5.41) is 0. The van der Waals surface area contributed by atoms with E-state index in [0.29, 0.717) is 0 Å². The van der Waals surface area contributed by atoms with Crippen molar-refractivity contribution in [1.82, 2.24) is 0 Å². The molecule has 2 heterocycles. The zero-order valence-electron chi connectivity index (χ0n) is 13.2. The van der Waals surface area contributed by atoms with Crippen LogP contribution in [0.4, 0.5) is 5.69 Å². The summed E-state index contributed by atoms with van der Waals surface area (Å²) in [5.41, 5.74) is 2.95. The molecule has 2 bridgehead atoms. The second kappa shape index (κ2) is 6.16. The Hall–Kier alpha value is -1.76. The van der Waals surface area contributed by atoms with Gasteiger partial charge in [0.25, 0.3) is 0 Å². The summed E-state index contributed by atoms with van der Waals surface area (Å²) in [6.07, 6.45) is 8.14. The number of para-hydroxylation sites is 1. The Morgan fingerprint density at radius 2 is 1.36 bits per heavy atom. The molecule has 2 aromatic carbocycles. The Kier molecular flexibility index (Phi) is 3.88. The maximum atomic E-state index is 2.74. The quantitative estimate of drug-likeness (QED) is 0.763. The van der Waals surface area contributed by atoms with E-state index in [0.717, 1.165) is 18.0 Å². The number of nitrogens with zero attached hydrogens (tertiary/aromatic N) is 1. The van der Waals surface area contributed by atoms with E-state index in [1.807, 2.05) is 0 Å². The van der Waals surface area contributed by atoms with Gasteiger partial charge in [0.15, 0.2) is 0 Å². The lowest BCUT2D eigenvalue weighted by Crippen LogP contribution is -2.52. The first-order chi connectivity index (χ1) is 10.9. The van der Waals surface area contributed by atoms with Gasteiger partial charge >= 0.3 is 0 Å². The number of piperidine rings is 2. The first-order valence-electron chi connectivity index (χ1n) is 8.77. The largest absolute Gasteiger partial charge is 0.366 e. The van der Waals surface area contributed by atoms with Gasteiger partial charge in [-0.25, -0.2) is 0 Å². The van der Waals surface area contributed by atoms with Crippen LogP contribution >= 0.6 is 0 Å². The fraction of sp³-hybridized carbons (Fsp3) is 0.429. The van der Waals surface area contributed by atoms with E-state index in [2.05, 4.69) is 65.6 Å². The van der Waals surface area contributed by atoms with Crippen molar-refractivity contribution in [2.24, 2.45) is 5.92 Å². The van der Waals surface area contributed by atoms with Crippen molar-refractivity contribution in [3.05, 3.63) is 66.2 Å². The number of anilines is 1. The molecule has 2 aromatic rings. The van der Waals surface area contributed by atoms with Crippen molar-refractivity contribution >= 4 is 5.69 Å². The number of benzene rings is 2. The zero-order chi connectivity index (χ0) is 14.8. The Morgan fingerprint density at radius 3 is 2.00 bits per heavy atom. The number of rotatable bonds is 3. The molecule has 2 fully saturated rings. The third-order valence-electron chi connectivity index (χ3n) is 5.49. The van der Waals surface area contributed by atoms with Crippen molar-refractivity contribution < 1.29 is 0 Å². The summed E-state index contributed by atoms with van der Waals surface area (Å²) >= 11 is 0. The van der Waals surface area contributed by atoms with E-state index in [-0.39, 0.29) is 0 Å².